The van der Waals surface area contributed by atoms with Gasteiger partial charge in [-0.25, -0.2) is 4.52 Å². The molecule has 3 heterocycles. The second-order valence-electron chi connectivity index (χ2n) is 5.10. The Balaban J connectivity index is 1.79. The smallest absolute Gasteiger partial charge is 0.257 e. The van der Waals surface area contributed by atoms with Crippen LogP contribution in [0, 0.1) is 0 Å². The molecule has 3 rings (SSSR count). The summed E-state index contributed by atoms with van der Waals surface area (Å²) in [6.07, 6.45) is 8.15. The molecule has 0 aliphatic carbocycles. The highest BCUT2D eigenvalue weighted by atomic mass is 16.3. The highest BCUT2D eigenvalue weighted by Gasteiger charge is 2.43. The third-order valence-electron chi connectivity index (χ3n) is 3.53. The lowest BCUT2D eigenvalue weighted by Gasteiger charge is -2.46. The monoisotopic (exact) mass is 260 g/mol. The van der Waals surface area contributed by atoms with Gasteiger partial charge in [0.15, 0.2) is 0 Å². The molecule has 1 N–H and O–H groups in total. The normalized spacial score (nSPS) is 17.5. The van der Waals surface area contributed by atoms with Gasteiger partial charge >= 0.3 is 0 Å². The molecule has 6 nitrogen and oxygen atoms in total. The summed E-state index contributed by atoms with van der Waals surface area (Å²) < 4.78 is 1.62. The maximum absolute atomic E-state index is 12.3. The zero-order valence-corrected chi connectivity index (χ0v) is 10.8. The van der Waals surface area contributed by atoms with Crippen molar-refractivity contribution >= 4 is 11.4 Å². The van der Waals surface area contributed by atoms with Crippen LogP contribution in [-0.2, 0) is 0 Å². The van der Waals surface area contributed by atoms with Crippen LogP contribution in [0.2, 0.25) is 0 Å². The van der Waals surface area contributed by atoms with E-state index >= 15 is 0 Å². The van der Waals surface area contributed by atoms with Crippen molar-refractivity contribution in [1.29, 1.82) is 0 Å². The molecule has 0 unspecified atom stereocenters. The SMILES string of the molecule is CCCC1(O)CN(C(=O)c2cnn3ccncc23)C1. The van der Waals surface area contributed by atoms with Gasteiger partial charge < -0.3 is 10.0 Å². The van der Waals surface area contributed by atoms with Crippen LogP contribution in [0.5, 0.6) is 0 Å². The first kappa shape index (κ1) is 12.1. The number of nitrogens with zero attached hydrogens (tertiary/aromatic N) is 4. The molecular formula is C13H16N4O2. The van der Waals surface area contributed by atoms with E-state index in [1.54, 1.807) is 34.2 Å². The van der Waals surface area contributed by atoms with Crippen molar-refractivity contribution in [2.45, 2.75) is 25.4 Å². The second kappa shape index (κ2) is 4.31. The third-order valence-corrected chi connectivity index (χ3v) is 3.53. The van der Waals surface area contributed by atoms with Gasteiger partial charge in [-0.2, -0.15) is 5.10 Å². The van der Waals surface area contributed by atoms with E-state index in [2.05, 4.69) is 10.1 Å². The molecule has 19 heavy (non-hydrogen) atoms. The van der Waals surface area contributed by atoms with Crippen LogP contribution in [0.4, 0.5) is 0 Å². The topological polar surface area (TPSA) is 70.7 Å². The average molecular weight is 260 g/mol. The first-order chi connectivity index (χ1) is 9.13. The van der Waals surface area contributed by atoms with Crippen molar-refractivity contribution in [2.75, 3.05) is 13.1 Å². The van der Waals surface area contributed by atoms with Crippen molar-refractivity contribution < 1.29 is 9.90 Å². The number of aliphatic hydroxyl groups is 1. The molecule has 100 valence electrons. The number of likely N-dealkylation sites (tertiary alicyclic amines) is 1. The lowest BCUT2D eigenvalue weighted by Crippen LogP contribution is -2.63. The number of carbonyl (C=O) groups is 1. The van der Waals surface area contributed by atoms with Gasteiger partial charge in [0.1, 0.15) is 0 Å². The molecule has 0 bridgehead atoms. The summed E-state index contributed by atoms with van der Waals surface area (Å²) in [6.45, 7) is 2.83. The fourth-order valence-electron chi connectivity index (χ4n) is 2.60. The summed E-state index contributed by atoms with van der Waals surface area (Å²) in [6, 6.07) is 0. The summed E-state index contributed by atoms with van der Waals surface area (Å²) in [5.41, 5.74) is 0.524. The van der Waals surface area contributed by atoms with Gasteiger partial charge in [0, 0.05) is 12.4 Å². The van der Waals surface area contributed by atoms with Crippen molar-refractivity contribution in [1.82, 2.24) is 19.5 Å². The molecule has 1 aliphatic rings. The Kier molecular flexibility index (Phi) is 2.74. The van der Waals surface area contributed by atoms with Crippen LogP contribution in [0.15, 0.2) is 24.8 Å². The largest absolute Gasteiger partial charge is 0.386 e. The van der Waals surface area contributed by atoms with Gasteiger partial charge in [0.25, 0.3) is 5.91 Å². The van der Waals surface area contributed by atoms with Gasteiger partial charge in [0.2, 0.25) is 0 Å². The van der Waals surface area contributed by atoms with E-state index in [-0.39, 0.29) is 5.91 Å². The van der Waals surface area contributed by atoms with Crippen LogP contribution in [-0.4, -0.2) is 49.2 Å². The van der Waals surface area contributed by atoms with Crippen molar-refractivity contribution in [3.05, 3.63) is 30.4 Å². The van der Waals surface area contributed by atoms with E-state index in [0.717, 1.165) is 12.8 Å². The van der Waals surface area contributed by atoms with Gasteiger partial charge in [-0.1, -0.05) is 13.3 Å². The van der Waals surface area contributed by atoms with E-state index in [1.807, 2.05) is 6.92 Å². The van der Waals surface area contributed by atoms with E-state index in [0.29, 0.717) is 24.2 Å². The molecular weight excluding hydrogens is 244 g/mol. The number of hydrogen-bond acceptors (Lipinski definition) is 4. The summed E-state index contributed by atoms with van der Waals surface area (Å²) in [4.78, 5) is 18.0. The Bertz CT molecular complexity index is 616. The Morgan fingerprint density at radius 1 is 1.47 bits per heavy atom. The summed E-state index contributed by atoms with van der Waals surface area (Å²) in [5.74, 6) is -0.0937. The molecule has 1 aliphatic heterocycles. The molecule has 1 amide bonds. The molecule has 2 aromatic rings. The third kappa shape index (κ3) is 1.98. The fourth-order valence-corrected chi connectivity index (χ4v) is 2.60. The Morgan fingerprint density at radius 2 is 2.26 bits per heavy atom. The zero-order chi connectivity index (χ0) is 13.5. The molecule has 0 radical (unpaired) electrons. The van der Waals surface area contributed by atoms with Crippen LogP contribution in [0.25, 0.3) is 5.52 Å². The number of aromatic nitrogens is 3. The average Bonchev–Trinajstić information content (AvgIpc) is 2.79. The second-order valence-corrected chi connectivity index (χ2v) is 5.10. The summed E-state index contributed by atoms with van der Waals surface area (Å²) in [7, 11) is 0. The molecule has 1 fully saturated rings. The Hall–Kier alpha value is -1.95. The lowest BCUT2D eigenvalue weighted by atomic mass is 9.89. The predicted octanol–water partition coefficient (Wildman–Crippen LogP) is 0.716. The number of rotatable bonds is 3. The van der Waals surface area contributed by atoms with E-state index in [1.165, 1.54) is 0 Å². The maximum Gasteiger partial charge on any atom is 0.257 e. The van der Waals surface area contributed by atoms with E-state index in [4.69, 9.17) is 0 Å². The van der Waals surface area contributed by atoms with Crippen LogP contribution in [0.3, 0.4) is 0 Å². The molecule has 0 saturated carbocycles. The Morgan fingerprint density at radius 3 is 3.00 bits per heavy atom. The predicted molar refractivity (Wildman–Crippen MR) is 68.7 cm³/mol. The molecule has 0 spiro atoms. The van der Waals surface area contributed by atoms with Crippen LogP contribution >= 0.6 is 0 Å². The van der Waals surface area contributed by atoms with Crippen molar-refractivity contribution in [3.63, 3.8) is 0 Å². The molecule has 6 heteroatoms. The highest BCUT2D eigenvalue weighted by Crippen LogP contribution is 2.27. The number of β-amino-alcohol motifs (C(OH)–C–C–N with tert-alkyl or cyclic N) is 1. The van der Waals surface area contributed by atoms with Gasteiger partial charge in [0.05, 0.1) is 42.2 Å². The van der Waals surface area contributed by atoms with Crippen molar-refractivity contribution in [3.8, 4) is 0 Å². The minimum Gasteiger partial charge on any atom is -0.386 e. The lowest BCUT2D eigenvalue weighted by molar-refractivity contribution is -0.0859. The summed E-state index contributed by atoms with van der Waals surface area (Å²) in [5, 5.41) is 14.2. The molecule has 1 saturated heterocycles. The van der Waals surface area contributed by atoms with E-state index < -0.39 is 5.60 Å². The van der Waals surface area contributed by atoms with E-state index in [9.17, 15) is 9.90 Å². The van der Waals surface area contributed by atoms with Gasteiger partial charge in [-0.05, 0) is 6.42 Å². The number of amides is 1. The minimum atomic E-state index is -0.703. The first-order valence-electron chi connectivity index (χ1n) is 6.42. The minimum absolute atomic E-state index is 0.0937. The van der Waals surface area contributed by atoms with Gasteiger partial charge in [-0.15, -0.1) is 0 Å². The first-order valence-corrected chi connectivity index (χ1v) is 6.42. The molecule has 2 aromatic heterocycles. The van der Waals surface area contributed by atoms with Gasteiger partial charge in [-0.3, -0.25) is 9.78 Å². The highest BCUT2D eigenvalue weighted by molar-refractivity contribution is 6.01. The molecule has 0 atom stereocenters. The fraction of sp³-hybridized carbons (Fsp3) is 0.462. The zero-order valence-electron chi connectivity index (χ0n) is 10.8. The number of hydrogen-bond donors (Lipinski definition) is 1. The maximum atomic E-state index is 12.3. The van der Waals surface area contributed by atoms with Crippen LogP contribution < -0.4 is 0 Å². The number of carbonyl (C=O) groups excluding carboxylic acids is 1. The number of fused-ring (bicyclic) bond motifs is 1. The quantitative estimate of drug-likeness (QED) is 0.882. The van der Waals surface area contributed by atoms with Crippen molar-refractivity contribution in [2.24, 2.45) is 0 Å². The standard InChI is InChI=1S/C13H16N4O2/c1-2-3-13(19)8-16(9-13)12(18)10-6-15-17-5-4-14-7-11(10)17/h4-7,19H,2-3,8-9H2,1H3. The summed E-state index contributed by atoms with van der Waals surface area (Å²) >= 11 is 0. The van der Waals surface area contributed by atoms with Crippen LogP contribution in [0.1, 0.15) is 30.1 Å². The molecule has 0 aromatic carbocycles. The Labute approximate surface area is 110 Å².